The molecule has 0 radical (unpaired) electrons. The van der Waals surface area contributed by atoms with Gasteiger partial charge in [0.25, 0.3) is 0 Å². The van der Waals surface area contributed by atoms with Crippen LogP contribution < -0.4 is 0 Å². The molecule has 0 fully saturated rings. The van der Waals surface area contributed by atoms with Crippen molar-refractivity contribution in [1.29, 1.82) is 0 Å². The first-order valence-electron chi connectivity index (χ1n) is 11.5. The zero-order chi connectivity index (χ0) is 23.1. The van der Waals surface area contributed by atoms with Crippen LogP contribution in [0.1, 0.15) is 88.9 Å². The van der Waals surface area contributed by atoms with E-state index in [4.69, 9.17) is 0 Å². The molecule has 0 heterocycles. The smallest absolute Gasteiger partial charge is 0.335 e. The summed E-state index contributed by atoms with van der Waals surface area (Å²) in [5.41, 5.74) is 9.96. The Morgan fingerprint density at radius 3 is 1.06 bits per heavy atom. The summed E-state index contributed by atoms with van der Waals surface area (Å²) in [4.78, 5) is 23.8. The predicted molar refractivity (Wildman–Crippen MR) is 127 cm³/mol. The first kappa shape index (κ1) is 19.3. The van der Waals surface area contributed by atoms with E-state index < -0.39 is 11.9 Å². The lowest BCUT2D eigenvalue weighted by molar-refractivity contribution is 0.0685. The molecule has 0 aliphatic heterocycles. The largest absolute Gasteiger partial charge is 0.478 e. The van der Waals surface area contributed by atoms with E-state index in [9.17, 15) is 19.8 Å². The third kappa shape index (κ3) is 2.37. The molecule has 164 valence electrons. The SMILES string of the molecule is O=C(O)c1ccc2c(c1)[C@@H]1c3ccccc3[C@H]2[C@@H]2c3ccccc3[C@H]1c1cc(C(=O)O)ccc12. The van der Waals surface area contributed by atoms with E-state index in [-0.39, 0.29) is 34.8 Å². The van der Waals surface area contributed by atoms with E-state index in [1.165, 1.54) is 33.4 Å². The van der Waals surface area contributed by atoms with Gasteiger partial charge in [0.2, 0.25) is 0 Å². The number of benzene rings is 4. The maximum atomic E-state index is 11.9. The number of rotatable bonds is 2. The van der Waals surface area contributed by atoms with E-state index in [0.717, 1.165) is 11.1 Å². The minimum Gasteiger partial charge on any atom is -0.478 e. The van der Waals surface area contributed by atoms with Crippen LogP contribution in [0.4, 0.5) is 0 Å². The van der Waals surface area contributed by atoms with Gasteiger partial charge in [-0.3, -0.25) is 0 Å². The fraction of sp³-hybridized carbons (Fsp3) is 0.133. The molecule has 4 aromatic carbocycles. The van der Waals surface area contributed by atoms with Crippen molar-refractivity contribution in [2.75, 3.05) is 0 Å². The van der Waals surface area contributed by atoms with Crippen LogP contribution in [0.2, 0.25) is 0 Å². The van der Waals surface area contributed by atoms with Gasteiger partial charge in [-0.2, -0.15) is 0 Å². The molecular formula is C30H20O4. The van der Waals surface area contributed by atoms with Gasteiger partial charge in [-0.1, -0.05) is 60.7 Å². The molecule has 0 amide bonds. The van der Waals surface area contributed by atoms with Crippen LogP contribution >= 0.6 is 0 Å². The Hall–Kier alpha value is -4.18. The Bertz CT molecular complexity index is 1430. The summed E-state index contributed by atoms with van der Waals surface area (Å²) >= 11 is 0. The van der Waals surface area contributed by atoms with Crippen molar-refractivity contribution in [3.63, 3.8) is 0 Å². The molecule has 0 saturated carbocycles. The van der Waals surface area contributed by atoms with Crippen LogP contribution in [0.5, 0.6) is 0 Å². The van der Waals surface area contributed by atoms with Crippen molar-refractivity contribution < 1.29 is 19.8 Å². The number of carbonyl (C=O) groups is 2. The highest BCUT2D eigenvalue weighted by atomic mass is 16.4. The van der Waals surface area contributed by atoms with E-state index in [1.807, 2.05) is 36.4 Å². The van der Waals surface area contributed by atoms with E-state index >= 15 is 0 Å². The fourth-order valence-electron chi connectivity index (χ4n) is 6.78. The Morgan fingerprint density at radius 1 is 0.441 bits per heavy atom. The highest BCUT2D eigenvalue weighted by Crippen LogP contribution is 2.63. The van der Waals surface area contributed by atoms with Gasteiger partial charge in [0, 0.05) is 23.7 Å². The third-order valence-corrected chi connectivity index (χ3v) is 8.01. The molecule has 2 N–H and O–H groups in total. The standard InChI is InChI=1S/C30H20O4/c31-29(32)15-9-11-21-23(13-15)27-19-7-3-1-5-17(19)25(21)26-18-6-2-4-8-20(18)28(27)24-14-16(30(33)34)10-12-22(24)26/h1-14,25-28H,(H,31,32)(H,33,34)/t25-,26-,27+,28+/m1/s1. The van der Waals surface area contributed by atoms with Crippen LogP contribution in [-0.4, -0.2) is 22.2 Å². The zero-order valence-electron chi connectivity index (χ0n) is 18.1. The molecule has 0 spiro atoms. The van der Waals surface area contributed by atoms with Crippen LogP contribution in [0.15, 0.2) is 84.9 Å². The fourth-order valence-corrected chi connectivity index (χ4v) is 6.78. The second-order valence-electron chi connectivity index (χ2n) is 9.47. The normalized spacial score (nSPS) is 22.6. The highest BCUT2D eigenvalue weighted by molar-refractivity contribution is 5.89. The summed E-state index contributed by atoms with van der Waals surface area (Å²) in [6, 6.07) is 28.1. The molecule has 10 rings (SSSR count). The van der Waals surface area contributed by atoms with Gasteiger partial charge < -0.3 is 10.2 Å². The summed E-state index contributed by atoms with van der Waals surface area (Å²) in [7, 11) is 0. The van der Waals surface area contributed by atoms with Crippen LogP contribution in [-0.2, 0) is 0 Å². The second kappa shape index (κ2) is 6.67. The van der Waals surface area contributed by atoms with E-state index in [2.05, 4.69) is 36.4 Å². The van der Waals surface area contributed by atoms with Crippen molar-refractivity contribution >= 4 is 11.9 Å². The van der Waals surface area contributed by atoms with Gasteiger partial charge in [-0.25, -0.2) is 9.59 Å². The molecule has 4 atom stereocenters. The number of hydrogen-bond acceptors (Lipinski definition) is 2. The average molecular weight is 444 g/mol. The Morgan fingerprint density at radius 2 is 0.735 bits per heavy atom. The maximum absolute atomic E-state index is 11.9. The second-order valence-corrected chi connectivity index (χ2v) is 9.47. The van der Waals surface area contributed by atoms with Crippen LogP contribution in [0.3, 0.4) is 0 Å². The van der Waals surface area contributed by atoms with Crippen molar-refractivity contribution in [3.8, 4) is 0 Å². The van der Waals surface area contributed by atoms with Gasteiger partial charge in [-0.15, -0.1) is 0 Å². The Balaban J connectivity index is 1.63. The highest BCUT2D eigenvalue weighted by Gasteiger charge is 2.49. The topological polar surface area (TPSA) is 74.6 Å². The van der Waals surface area contributed by atoms with E-state index in [0.29, 0.717) is 0 Å². The van der Waals surface area contributed by atoms with Crippen molar-refractivity contribution in [2.45, 2.75) is 23.7 Å². The van der Waals surface area contributed by atoms with Crippen molar-refractivity contribution in [2.24, 2.45) is 0 Å². The lowest BCUT2D eigenvalue weighted by Crippen LogP contribution is -2.36. The van der Waals surface area contributed by atoms with Gasteiger partial charge >= 0.3 is 11.9 Å². The molecule has 4 nitrogen and oxygen atoms in total. The molecule has 6 aliphatic rings. The predicted octanol–water partition coefficient (Wildman–Crippen LogP) is 5.95. The monoisotopic (exact) mass is 444 g/mol. The van der Waals surface area contributed by atoms with Crippen molar-refractivity contribution in [1.82, 2.24) is 0 Å². The lowest BCUT2D eigenvalue weighted by atomic mass is 9.53. The minimum atomic E-state index is -0.937. The van der Waals surface area contributed by atoms with Gasteiger partial charge in [0.1, 0.15) is 0 Å². The minimum absolute atomic E-state index is 0.0159. The van der Waals surface area contributed by atoms with Gasteiger partial charge in [0.05, 0.1) is 11.1 Å². The molecule has 0 saturated heterocycles. The summed E-state index contributed by atoms with van der Waals surface area (Å²) < 4.78 is 0. The van der Waals surface area contributed by atoms with Crippen LogP contribution in [0, 0.1) is 0 Å². The molecular weight excluding hydrogens is 424 g/mol. The van der Waals surface area contributed by atoms with E-state index in [1.54, 1.807) is 12.1 Å². The number of carboxylic acid groups (broad SMARTS) is 2. The molecule has 4 aromatic rings. The summed E-state index contributed by atoms with van der Waals surface area (Å²) in [6.07, 6.45) is 0. The molecule has 6 aliphatic carbocycles. The first-order valence-corrected chi connectivity index (χ1v) is 11.5. The van der Waals surface area contributed by atoms with Crippen LogP contribution in [0.25, 0.3) is 0 Å². The number of hydrogen-bond donors (Lipinski definition) is 2. The summed E-state index contributed by atoms with van der Waals surface area (Å²) in [5, 5.41) is 19.5. The van der Waals surface area contributed by atoms with Gasteiger partial charge in [0.15, 0.2) is 0 Å². The first-order chi connectivity index (χ1) is 16.5. The quantitative estimate of drug-likeness (QED) is 0.401. The molecule has 0 aromatic heterocycles. The van der Waals surface area contributed by atoms with Crippen molar-refractivity contribution in [3.05, 3.63) is 141 Å². The molecule has 34 heavy (non-hydrogen) atoms. The molecule has 4 heteroatoms. The Labute approximate surface area is 196 Å². The number of aromatic carboxylic acids is 2. The maximum Gasteiger partial charge on any atom is 0.335 e. The van der Waals surface area contributed by atoms with Gasteiger partial charge in [-0.05, 0) is 68.8 Å². The number of carboxylic acids is 2. The molecule has 0 unspecified atom stereocenters. The average Bonchev–Trinajstić information content (AvgIpc) is 2.84. The third-order valence-electron chi connectivity index (χ3n) is 8.01. The summed E-state index contributed by atoms with van der Waals surface area (Å²) in [5.74, 6) is -2.05. The Kier molecular flexibility index (Phi) is 3.79. The molecule has 4 bridgehead atoms. The zero-order valence-corrected chi connectivity index (χ0v) is 18.1. The lowest BCUT2D eigenvalue weighted by Gasteiger charge is -2.50. The summed E-state index contributed by atoms with van der Waals surface area (Å²) in [6.45, 7) is 0.